The maximum Gasteiger partial charge on any atom is 0.222 e. The van der Waals surface area contributed by atoms with Gasteiger partial charge in [-0.1, -0.05) is 0 Å². The van der Waals surface area contributed by atoms with E-state index < -0.39 is 0 Å². The van der Waals surface area contributed by atoms with Crippen LogP contribution in [0.25, 0.3) is 0 Å². The van der Waals surface area contributed by atoms with E-state index in [1.807, 2.05) is 30.9 Å². The zero-order valence-electron chi connectivity index (χ0n) is 15.4. The Morgan fingerprint density at radius 3 is 2.76 bits per heavy atom. The normalized spacial score (nSPS) is 24.4. The van der Waals surface area contributed by atoms with Crippen LogP contribution in [0.3, 0.4) is 0 Å². The van der Waals surface area contributed by atoms with Crippen LogP contribution in [-0.4, -0.2) is 43.8 Å². The van der Waals surface area contributed by atoms with Crippen molar-refractivity contribution in [2.45, 2.75) is 51.6 Å². The van der Waals surface area contributed by atoms with Gasteiger partial charge in [0.1, 0.15) is 0 Å². The largest absolute Gasteiger partial charge is 0.354 e. The van der Waals surface area contributed by atoms with E-state index in [2.05, 4.69) is 38.4 Å². The van der Waals surface area contributed by atoms with Gasteiger partial charge < -0.3 is 5.32 Å². The van der Waals surface area contributed by atoms with Gasteiger partial charge in [0.2, 0.25) is 5.95 Å². The molecule has 2 atom stereocenters. The highest BCUT2D eigenvalue weighted by Gasteiger charge is 2.41. The summed E-state index contributed by atoms with van der Waals surface area (Å²) in [6.45, 7) is 6.20. The number of aromatic nitrogens is 4. The topological polar surface area (TPSA) is 58.9 Å². The molecule has 0 spiro atoms. The molecule has 6 nitrogen and oxygen atoms in total. The molecular weight excluding hydrogens is 312 g/mol. The van der Waals surface area contributed by atoms with Crippen LogP contribution in [-0.2, 0) is 7.05 Å². The molecule has 1 aliphatic carbocycles. The Hall–Kier alpha value is -1.95. The molecule has 1 saturated carbocycles. The lowest BCUT2D eigenvalue weighted by molar-refractivity contribution is 0.0841. The monoisotopic (exact) mass is 340 g/mol. The van der Waals surface area contributed by atoms with Crippen LogP contribution >= 0.6 is 0 Å². The molecule has 1 saturated heterocycles. The molecule has 3 heterocycles. The van der Waals surface area contributed by atoms with E-state index in [4.69, 9.17) is 0 Å². The summed E-state index contributed by atoms with van der Waals surface area (Å²) >= 11 is 0. The van der Waals surface area contributed by atoms with Gasteiger partial charge in [-0.2, -0.15) is 5.10 Å². The van der Waals surface area contributed by atoms with E-state index in [-0.39, 0.29) is 0 Å². The van der Waals surface area contributed by atoms with Crippen molar-refractivity contribution >= 4 is 5.95 Å². The van der Waals surface area contributed by atoms with Crippen LogP contribution in [0.1, 0.15) is 48.7 Å². The van der Waals surface area contributed by atoms with E-state index in [0.717, 1.165) is 29.8 Å². The second kappa shape index (κ2) is 6.75. The number of hydrogen-bond acceptors (Lipinski definition) is 5. The van der Waals surface area contributed by atoms with Gasteiger partial charge in [0.15, 0.2) is 0 Å². The Kier molecular flexibility index (Phi) is 4.46. The average molecular weight is 340 g/mol. The maximum atomic E-state index is 4.58. The van der Waals surface area contributed by atoms with Crippen LogP contribution in [0.5, 0.6) is 0 Å². The van der Waals surface area contributed by atoms with Crippen molar-refractivity contribution in [2.75, 3.05) is 18.4 Å². The first-order chi connectivity index (χ1) is 12.1. The summed E-state index contributed by atoms with van der Waals surface area (Å²) in [5.41, 5.74) is 3.51. The summed E-state index contributed by atoms with van der Waals surface area (Å²) in [6, 6.07) is 3.39. The predicted octanol–water partition coefficient (Wildman–Crippen LogP) is 2.85. The average Bonchev–Trinajstić information content (AvgIpc) is 3.37. The zero-order chi connectivity index (χ0) is 17.4. The number of nitrogens with one attached hydrogen (secondary N) is 1. The van der Waals surface area contributed by atoms with Gasteiger partial charge in [0.05, 0.1) is 11.7 Å². The van der Waals surface area contributed by atoms with Crippen LogP contribution in [0.4, 0.5) is 5.95 Å². The van der Waals surface area contributed by atoms with Crippen molar-refractivity contribution in [1.82, 2.24) is 24.6 Å². The van der Waals surface area contributed by atoms with Gasteiger partial charge in [0, 0.05) is 37.7 Å². The number of piperidine rings is 1. The Bertz CT molecular complexity index is 735. The highest BCUT2D eigenvalue weighted by Crippen LogP contribution is 2.42. The molecule has 1 aliphatic heterocycles. The highest BCUT2D eigenvalue weighted by atomic mass is 15.3. The fourth-order valence-corrected chi connectivity index (χ4v) is 4.05. The number of hydrogen-bond donors (Lipinski definition) is 1. The van der Waals surface area contributed by atoms with Crippen LogP contribution in [0.2, 0.25) is 0 Å². The van der Waals surface area contributed by atoms with Crippen molar-refractivity contribution in [3.63, 3.8) is 0 Å². The van der Waals surface area contributed by atoms with E-state index in [9.17, 15) is 0 Å². The standard InChI is InChI=1S/C19H28N6/c1-13-11-20-19(23-14(13)2)21-12-15-5-4-10-25(16-6-7-16)18(15)17-8-9-22-24(17)3/h8-9,11,15-16,18H,4-7,10,12H2,1-3H3,(H,20,21,23)/t15-,18+/m0/s1. The van der Waals surface area contributed by atoms with Gasteiger partial charge in [-0.3, -0.25) is 9.58 Å². The zero-order valence-corrected chi connectivity index (χ0v) is 15.4. The van der Waals surface area contributed by atoms with Crippen LogP contribution < -0.4 is 5.32 Å². The molecule has 1 N–H and O–H groups in total. The smallest absolute Gasteiger partial charge is 0.222 e. The lowest BCUT2D eigenvalue weighted by Gasteiger charge is -2.41. The fourth-order valence-electron chi connectivity index (χ4n) is 4.05. The molecule has 0 amide bonds. The lowest BCUT2D eigenvalue weighted by atomic mass is 9.86. The SMILES string of the molecule is Cc1cnc(NC[C@@H]2CCCN(C3CC3)[C@H]2c2ccnn2C)nc1C. The number of likely N-dealkylation sites (tertiary alicyclic amines) is 1. The molecule has 0 radical (unpaired) electrons. The number of aryl methyl sites for hydroxylation is 3. The first kappa shape index (κ1) is 16.5. The molecule has 2 aromatic rings. The summed E-state index contributed by atoms with van der Waals surface area (Å²) in [4.78, 5) is 11.7. The molecule has 6 heteroatoms. The van der Waals surface area contributed by atoms with Crippen molar-refractivity contribution in [3.8, 4) is 0 Å². The molecule has 0 aromatic carbocycles. The minimum atomic E-state index is 0.438. The van der Waals surface area contributed by atoms with Gasteiger partial charge in [-0.05, 0) is 63.6 Å². The molecule has 2 fully saturated rings. The molecule has 4 rings (SSSR count). The highest BCUT2D eigenvalue weighted by molar-refractivity contribution is 5.29. The quantitative estimate of drug-likeness (QED) is 0.907. The minimum absolute atomic E-state index is 0.438. The summed E-state index contributed by atoms with van der Waals surface area (Å²) in [5.74, 6) is 1.30. The van der Waals surface area contributed by atoms with Crippen molar-refractivity contribution in [2.24, 2.45) is 13.0 Å². The van der Waals surface area contributed by atoms with E-state index >= 15 is 0 Å². The third-order valence-electron chi connectivity index (χ3n) is 5.72. The van der Waals surface area contributed by atoms with Gasteiger partial charge >= 0.3 is 0 Å². The summed E-state index contributed by atoms with van der Waals surface area (Å²) in [6.07, 6.45) is 9.01. The van der Waals surface area contributed by atoms with E-state index in [1.54, 1.807) is 0 Å². The molecule has 25 heavy (non-hydrogen) atoms. The Balaban J connectivity index is 1.53. The maximum absolute atomic E-state index is 4.58. The van der Waals surface area contributed by atoms with Crippen LogP contribution in [0.15, 0.2) is 18.5 Å². The van der Waals surface area contributed by atoms with Gasteiger partial charge in [-0.25, -0.2) is 9.97 Å². The van der Waals surface area contributed by atoms with Crippen molar-refractivity contribution in [3.05, 3.63) is 35.4 Å². The van der Waals surface area contributed by atoms with Gasteiger partial charge in [-0.15, -0.1) is 0 Å². The lowest BCUT2D eigenvalue weighted by Crippen LogP contribution is -2.43. The van der Waals surface area contributed by atoms with Crippen molar-refractivity contribution in [1.29, 1.82) is 0 Å². The van der Waals surface area contributed by atoms with E-state index in [0.29, 0.717) is 12.0 Å². The number of nitrogens with zero attached hydrogens (tertiary/aromatic N) is 5. The molecule has 2 aromatic heterocycles. The van der Waals surface area contributed by atoms with Gasteiger partial charge in [0.25, 0.3) is 0 Å². The second-order valence-corrected chi connectivity index (χ2v) is 7.54. The summed E-state index contributed by atoms with van der Waals surface area (Å²) < 4.78 is 2.05. The van der Waals surface area contributed by atoms with E-state index in [1.165, 1.54) is 37.9 Å². The number of rotatable bonds is 5. The molecule has 2 aliphatic rings. The minimum Gasteiger partial charge on any atom is -0.354 e. The third kappa shape index (κ3) is 3.40. The Labute approximate surface area is 149 Å². The fraction of sp³-hybridized carbons (Fsp3) is 0.632. The Morgan fingerprint density at radius 1 is 1.24 bits per heavy atom. The second-order valence-electron chi connectivity index (χ2n) is 7.54. The molecular formula is C19H28N6. The first-order valence-corrected chi connectivity index (χ1v) is 9.41. The summed E-state index contributed by atoms with van der Waals surface area (Å²) in [7, 11) is 2.06. The first-order valence-electron chi connectivity index (χ1n) is 9.41. The predicted molar refractivity (Wildman–Crippen MR) is 98.4 cm³/mol. The Morgan fingerprint density at radius 2 is 2.08 bits per heavy atom. The molecule has 0 bridgehead atoms. The molecule has 134 valence electrons. The third-order valence-corrected chi connectivity index (χ3v) is 5.72. The van der Waals surface area contributed by atoms with Crippen LogP contribution in [0, 0.1) is 19.8 Å². The van der Waals surface area contributed by atoms with Crippen molar-refractivity contribution < 1.29 is 0 Å². The molecule has 0 unspecified atom stereocenters. The number of anilines is 1. The summed E-state index contributed by atoms with van der Waals surface area (Å²) in [5, 5.41) is 7.92.